The fourth-order valence-electron chi connectivity index (χ4n) is 1.74. The second kappa shape index (κ2) is 4.75. The molecular weight excluding hydrogens is 264 g/mol. The molecule has 0 saturated carbocycles. The summed E-state index contributed by atoms with van der Waals surface area (Å²) < 4.78 is 6.92. The summed E-state index contributed by atoms with van der Waals surface area (Å²) in [5.41, 5.74) is 0. The Morgan fingerprint density at radius 2 is 2.36 bits per heavy atom. The number of thiophene rings is 1. The van der Waals surface area contributed by atoms with Gasteiger partial charge in [0.25, 0.3) is 0 Å². The molecule has 1 aromatic heterocycles. The lowest BCUT2D eigenvalue weighted by atomic mass is 10.0. The molecule has 1 N–H and O–H groups in total. The van der Waals surface area contributed by atoms with E-state index in [0.717, 1.165) is 23.0 Å². The van der Waals surface area contributed by atoms with E-state index in [2.05, 4.69) is 22.0 Å². The van der Waals surface area contributed by atoms with Crippen LogP contribution in [0.15, 0.2) is 15.9 Å². The third-order valence-corrected chi connectivity index (χ3v) is 4.18. The zero-order valence-electron chi connectivity index (χ0n) is 7.78. The van der Waals surface area contributed by atoms with Gasteiger partial charge in [-0.3, -0.25) is 0 Å². The molecule has 14 heavy (non-hydrogen) atoms. The van der Waals surface area contributed by atoms with Crippen molar-refractivity contribution in [2.24, 2.45) is 0 Å². The molecule has 0 radical (unpaired) electrons. The van der Waals surface area contributed by atoms with Gasteiger partial charge in [-0.25, -0.2) is 0 Å². The minimum atomic E-state index is 0.0367. The van der Waals surface area contributed by atoms with Gasteiger partial charge in [-0.2, -0.15) is 0 Å². The van der Waals surface area contributed by atoms with E-state index in [1.54, 1.807) is 11.3 Å². The SMILES string of the molecule is OCC1CCCC(c2ccc(Br)s2)O1. The summed E-state index contributed by atoms with van der Waals surface area (Å²) in [4.78, 5) is 1.26. The van der Waals surface area contributed by atoms with E-state index in [1.807, 2.05) is 6.07 Å². The molecule has 0 amide bonds. The number of ether oxygens (including phenoxy) is 1. The lowest BCUT2D eigenvalue weighted by molar-refractivity contribution is -0.0722. The smallest absolute Gasteiger partial charge is 0.0922 e. The molecule has 2 unspecified atom stereocenters. The Kier molecular flexibility index (Phi) is 3.60. The Labute approximate surface area is 96.0 Å². The predicted molar refractivity (Wildman–Crippen MR) is 60.6 cm³/mol. The maximum Gasteiger partial charge on any atom is 0.0922 e. The van der Waals surface area contributed by atoms with Crippen molar-refractivity contribution >= 4 is 27.3 Å². The third-order valence-electron chi connectivity index (χ3n) is 2.46. The van der Waals surface area contributed by atoms with Gasteiger partial charge < -0.3 is 9.84 Å². The van der Waals surface area contributed by atoms with E-state index in [4.69, 9.17) is 9.84 Å². The molecule has 4 heteroatoms. The summed E-state index contributed by atoms with van der Waals surface area (Å²) in [6.07, 6.45) is 3.43. The van der Waals surface area contributed by atoms with Crippen LogP contribution < -0.4 is 0 Å². The van der Waals surface area contributed by atoms with Crippen molar-refractivity contribution in [1.29, 1.82) is 0 Å². The van der Waals surface area contributed by atoms with Gasteiger partial charge in [0.2, 0.25) is 0 Å². The molecule has 1 aliphatic rings. The maximum absolute atomic E-state index is 9.03. The highest BCUT2D eigenvalue weighted by Gasteiger charge is 2.23. The van der Waals surface area contributed by atoms with Gasteiger partial charge in [0.1, 0.15) is 0 Å². The Balaban J connectivity index is 2.04. The maximum atomic E-state index is 9.03. The molecule has 1 fully saturated rings. The van der Waals surface area contributed by atoms with Crippen LogP contribution in [0, 0.1) is 0 Å². The van der Waals surface area contributed by atoms with Crippen LogP contribution in [0.2, 0.25) is 0 Å². The predicted octanol–water partition coefficient (Wildman–Crippen LogP) is 3.11. The van der Waals surface area contributed by atoms with Gasteiger partial charge >= 0.3 is 0 Å². The van der Waals surface area contributed by atoms with Crippen molar-refractivity contribution in [2.45, 2.75) is 31.5 Å². The highest BCUT2D eigenvalue weighted by molar-refractivity contribution is 9.11. The molecule has 0 spiro atoms. The fourth-order valence-corrected chi connectivity index (χ4v) is 3.24. The molecule has 0 aliphatic carbocycles. The molecule has 2 heterocycles. The highest BCUT2D eigenvalue weighted by Crippen LogP contribution is 2.36. The fraction of sp³-hybridized carbons (Fsp3) is 0.600. The van der Waals surface area contributed by atoms with Crippen LogP contribution in [0.1, 0.15) is 30.2 Å². The normalized spacial score (nSPS) is 27.9. The molecule has 2 rings (SSSR count). The topological polar surface area (TPSA) is 29.5 Å². The number of rotatable bonds is 2. The summed E-state index contributed by atoms with van der Waals surface area (Å²) in [5.74, 6) is 0. The summed E-state index contributed by atoms with van der Waals surface area (Å²) in [7, 11) is 0. The van der Waals surface area contributed by atoms with Crippen molar-refractivity contribution in [1.82, 2.24) is 0 Å². The van der Waals surface area contributed by atoms with E-state index in [9.17, 15) is 0 Å². The number of aliphatic hydroxyl groups excluding tert-OH is 1. The number of halogens is 1. The van der Waals surface area contributed by atoms with E-state index in [0.29, 0.717) is 0 Å². The van der Waals surface area contributed by atoms with Crippen LogP contribution in [-0.2, 0) is 4.74 Å². The molecule has 2 nitrogen and oxygen atoms in total. The zero-order valence-corrected chi connectivity index (χ0v) is 10.2. The van der Waals surface area contributed by atoms with Gasteiger partial charge in [-0.15, -0.1) is 11.3 Å². The van der Waals surface area contributed by atoms with Gasteiger partial charge in [0, 0.05) is 4.88 Å². The Morgan fingerprint density at radius 3 is 3.00 bits per heavy atom. The summed E-state index contributed by atoms with van der Waals surface area (Å²) >= 11 is 5.16. The van der Waals surface area contributed by atoms with Crippen molar-refractivity contribution < 1.29 is 9.84 Å². The summed E-state index contributed by atoms with van der Waals surface area (Å²) in [5, 5.41) is 9.03. The second-order valence-corrected chi connectivity index (χ2v) is 6.00. The quantitative estimate of drug-likeness (QED) is 0.900. The van der Waals surface area contributed by atoms with Gasteiger partial charge in [0.05, 0.1) is 22.6 Å². The molecule has 1 saturated heterocycles. The van der Waals surface area contributed by atoms with Crippen molar-refractivity contribution in [3.8, 4) is 0 Å². The van der Waals surface area contributed by atoms with Crippen molar-refractivity contribution in [3.63, 3.8) is 0 Å². The first-order valence-corrected chi connectivity index (χ1v) is 6.42. The second-order valence-electron chi connectivity index (χ2n) is 3.50. The average Bonchev–Trinajstić information content (AvgIpc) is 2.65. The first-order chi connectivity index (χ1) is 6.79. The monoisotopic (exact) mass is 276 g/mol. The molecule has 0 bridgehead atoms. The van der Waals surface area contributed by atoms with Crippen LogP contribution in [0.5, 0.6) is 0 Å². The molecule has 1 aromatic rings. The Morgan fingerprint density at radius 1 is 1.50 bits per heavy atom. The molecule has 1 aliphatic heterocycles. The first-order valence-electron chi connectivity index (χ1n) is 4.81. The third kappa shape index (κ3) is 2.37. The first kappa shape index (κ1) is 10.6. The zero-order chi connectivity index (χ0) is 9.97. The van der Waals surface area contributed by atoms with Crippen molar-refractivity contribution in [2.75, 3.05) is 6.61 Å². The minimum absolute atomic E-state index is 0.0367. The Bertz CT molecular complexity index is 300. The Hall–Kier alpha value is 0.1000. The lowest BCUT2D eigenvalue weighted by Crippen LogP contribution is -2.24. The van der Waals surface area contributed by atoms with Gasteiger partial charge in [-0.05, 0) is 47.3 Å². The van der Waals surface area contributed by atoms with Crippen LogP contribution in [-0.4, -0.2) is 17.8 Å². The molecule has 78 valence electrons. The number of hydrogen-bond acceptors (Lipinski definition) is 3. The number of aliphatic hydroxyl groups is 1. The lowest BCUT2D eigenvalue weighted by Gasteiger charge is -2.28. The van der Waals surface area contributed by atoms with Gasteiger partial charge in [0.15, 0.2) is 0 Å². The number of hydrogen-bond donors (Lipinski definition) is 1. The van der Waals surface area contributed by atoms with Crippen molar-refractivity contribution in [3.05, 3.63) is 20.8 Å². The molecule has 0 aromatic carbocycles. The van der Waals surface area contributed by atoms with E-state index in [-0.39, 0.29) is 18.8 Å². The van der Waals surface area contributed by atoms with Crippen LogP contribution in [0.25, 0.3) is 0 Å². The van der Waals surface area contributed by atoms with E-state index in [1.165, 1.54) is 4.88 Å². The average molecular weight is 277 g/mol. The van der Waals surface area contributed by atoms with Gasteiger partial charge in [-0.1, -0.05) is 0 Å². The van der Waals surface area contributed by atoms with Crippen LogP contribution in [0.4, 0.5) is 0 Å². The van der Waals surface area contributed by atoms with Crippen LogP contribution >= 0.6 is 27.3 Å². The largest absolute Gasteiger partial charge is 0.394 e. The standard InChI is InChI=1S/C10H13BrO2S/c11-10-5-4-9(14-10)8-3-1-2-7(6-12)13-8/h4-5,7-8,12H,1-3,6H2. The minimum Gasteiger partial charge on any atom is -0.394 e. The summed E-state index contributed by atoms with van der Waals surface area (Å²) in [6.45, 7) is 0.142. The van der Waals surface area contributed by atoms with E-state index < -0.39 is 0 Å². The van der Waals surface area contributed by atoms with E-state index >= 15 is 0 Å². The summed E-state index contributed by atoms with van der Waals surface area (Å²) in [6, 6.07) is 4.14. The van der Waals surface area contributed by atoms with Crippen LogP contribution in [0.3, 0.4) is 0 Å². The molecular formula is C10H13BrO2S. The molecule has 2 atom stereocenters. The highest BCUT2D eigenvalue weighted by atomic mass is 79.9.